The Labute approximate surface area is 167 Å². The fourth-order valence-corrected chi connectivity index (χ4v) is 3.22. The highest BCUT2D eigenvalue weighted by atomic mass is 16.3. The third kappa shape index (κ3) is 4.80. The number of aromatic nitrogens is 4. The number of amides is 2. The van der Waals surface area contributed by atoms with Gasteiger partial charge in [0, 0.05) is 32.2 Å². The minimum Gasteiger partial charge on any atom is -0.483 e. The van der Waals surface area contributed by atoms with Gasteiger partial charge in [0.25, 0.3) is 18.3 Å². The molecule has 2 aromatic heterocycles. The number of aromatic amines is 1. The lowest BCUT2D eigenvalue weighted by atomic mass is 10.0. The van der Waals surface area contributed by atoms with Gasteiger partial charge in [0.05, 0.1) is 24.5 Å². The summed E-state index contributed by atoms with van der Waals surface area (Å²) < 4.78 is 1.71. The van der Waals surface area contributed by atoms with Crippen LogP contribution in [-0.4, -0.2) is 85.0 Å². The van der Waals surface area contributed by atoms with Gasteiger partial charge < -0.3 is 20.0 Å². The van der Waals surface area contributed by atoms with Crippen LogP contribution in [0.3, 0.4) is 0 Å². The second kappa shape index (κ2) is 9.82. The number of aryl methyl sites for hydroxylation is 2. The number of likely N-dealkylation sites (N-methyl/N-ethyl adjacent to an activating group) is 1. The standard InChI is InChI=1S/C17H24N6O3.CH2O2/c1-4-23-14(9-11(2)20-23)16(25)22-6-5-12-13(10-22)18-19-15(12)17(26)21(3)7-8-24;2-1-3/h9,24H,4-8,10H2,1-3H3,(H,18,19);1H,(H,2,3). The van der Waals surface area contributed by atoms with Crippen LogP contribution in [0.4, 0.5) is 0 Å². The summed E-state index contributed by atoms with van der Waals surface area (Å²) >= 11 is 0. The number of carbonyl (C=O) groups is 3. The predicted octanol–water partition coefficient (Wildman–Crippen LogP) is -0.102. The highest BCUT2D eigenvalue weighted by Crippen LogP contribution is 2.22. The van der Waals surface area contributed by atoms with E-state index in [0.717, 1.165) is 17.0 Å². The number of H-pyrrole nitrogens is 1. The van der Waals surface area contributed by atoms with E-state index in [-0.39, 0.29) is 31.4 Å². The number of nitrogens with one attached hydrogen (secondary N) is 1. The second-order valence-corrected chi connectivity index (χ2v) is 6.55. The summed E-state index contributed by atoms with van der Waals surface area (Å²) in [6.45, 7) is 5.26. The number of fused-ring (bicyclic) bond motifs is 1. The molecule has 0 fully saturated rings. The van der Waals surface area contributed by atoms with Gasteiger partial charge >= 0.3 is 0 Å². The van der Waals surface area contributed by atoms with Crippen LogP contribution in [-0.2, 0) is 24.3 Å². The van der Waals surface area contributed by atoms with Crippen LogP contribution in [0.1, 0.15) is 44.9 Å². The van der Waals surface area contributed by atoms with Crippen molar-refractivity contribution >= 4 is 18.3 Å². The zero-order chi connectivity index (χ0) is 21.6. The first kappa shape index (κ1) is 22.1. The van der Waals surface area contributed by atoms with E-state index in [4.69, 9.17) is 15.0 Å². The molecule has 2 amide bonds. The summed E-state index contributed by atoms with van der Waals surface area (Å²) in [5, 5.41) is 27.3. The smallest absolute Gasteiger partial charge is 0.290 e. The maximum absolute atomic E-state index is 12.9. The zero-order valence-corrected chi connectivity index (χ0v) is 16.8. The molecule has 3 rings (SSSR count). The van der Waals surface area contributed by atoms with Crippen molar-refractivity contribution in [2.75, 3.05) is 26.7 Å². The molecule has 11 heteroatoms. The number of aliphatic hydroxyl groups excluding tert-OH is 1. The molecule has 3 heterocycles. The van der Waals surface area contributed by atoms with Crippen molar-refractivity contribution in [1.29, 1.82) is 0 Å². The molecule has 11 nitrogen and oxygen atoms in total. The first-order valence-corrected chi connectivity index (χ1v) is 9.21. The molecule has 2 aromatic rings. The van der Waals surface area contributed by atoms with E-state index >= 15 is 0 Å². The predicted molar refractivity (Wildman–Crippen MR) is 102 cm³/mol. The van der Waals surface area contributed by atoms with Crippen LogP contribution in [0, 0.1) is 6.92 Å². The van der Waals surface area contributed by atoms with Gasteiger partial charge in [-0.25, -0.2) is 0 Å². The molecule has 0 unspecified atom stereocenters. The van der Waals surface area contributed by atoms with Crippen molar-refractivity contribution in [3.05, 3.63) is 34.4 Å². The SMILES string of the molecule is CCn1nc(C)cc1C(=O)N1CCc2c(C(=O)N(C)CCO)n[nH]c2C1.O=CO. The Hall–Kier alpha value is -3.21. The maximum Gasteiger partial charge on any atom is 0.290 e. The lowest BCUT2D eigenvalue weighted by Crippen LogP contribution is -2.38. The van der Waals surface area contributed by atoms with Gasteiger partial charge in [-0.15, -0.1) is 0 Å². The molecule has 0 aliphatic carbocycles. The monoisotopic (exact) mass is 406 g/mol. The summed E-state index contributed by atoms with van der Waals surface area (Å²) in [7, 11) is 1.63. The zero-order valence-electron chi connectivity index (χ0n) is 16.8. The average Bonchev–Trinajstić information content (AvgIpc) is 3.30. The van der Waals surface area contributed by atoms with Crippen molar-refractivity contribution in [3.8, 4) is 0 Å². The minimum atomic E-state index is -0.250. The third-order valence-corrected chi connectivity index (χ3v) is 4.63. The summed E-state index contributed by atoms with van der Waals surface area (Å²) in [5.41, 5.74) is 3.40. The first-order valence-electron chi connectivity index (χ1n) is 9.21. The highest BCUT2D eigenvalue weighted by Gasteiger charge is 2.30. The molecule has 0 saturated heterocycles. The summed E-state index contributed by atoms with van der Waals surface area (Å²) in [6.07, 6.45) is 0.560. The first-order chi connectivity index (χ1) is 13.9. The van der Waals surface area contributed by atoms with Crippen molar-refractivity contribution in [2.24, 2.45) is 0 Å². The Kier molecular flexibility index (Phi) is 7.48. The van der Waals surface area contributed by atoms with Crippen LogP contribution >= 0.6 is 0 Å². The second-order valence-electron chi connectivity index (χ2n) is 6.55. The van der Waals surface area contributed by atoms with Crippen LogP contribution in [0.15, 0.2) is 6.07 Å². The van der Waals surface area contributed by atoms with E-state index in [1.165, 1.54) is 4.90 Å². The fourth-order valence-electron chi connectivity index (χ4n) is 3.22. The molecule has 3 N–H and O–H groups in total. The van der Waals surface area contributed by atoms with Crippen molar-refractivity contribution < 1.29 is 24.6 Å². The fraction of sp³-hybridized carbons (Fsp3) is 0.500. The van der Waals surface area contributed by atoms with Gasteiger partial charge in [0.15, 0.2) is 5.69 Å². The Balaban J connectivity index is 0.000000941. The summed E-state index contributed by atoms with van der Waals surface area (Å²) in [4.78, 5) is 36.8. The number of carbonyl (C=O) groups excluding carboxylic acids is 2. The summed E-state index contributed by atoms with van der Waals surface area (Å²) in [6, 6.07) is 1.80. The molecule has 0 saturated carbocycles. The largest absolute Gasteiger partial charge is 0.483 e. The number of hydrogen-bond donors (Lipinski definition) is 3. The molecule has 1 aliphatic heterocycles. The Morgan fingerprint density at radius 1 is 1.41 bits per heavy atom. The number of rotatable bonds is 5. The molecule has 0 atom stereocenters. The van der Waals surface area contributed by atoms with E-state index in [9.17, 15) is 9.59 Å². The third-order valence-electron chi connectivity index (χ3n) is 4.63. The van der Waals surface area contributed by atoms with Gasteiger partial charge in [0.2, 0.25) is 0 Å². The van der Waals surface area contributed by atoms with Gasteiger partial charge in [-0.2, -0.15) is 10.2 Å². The Morgan fingerprint density at radius 2 is 2.10 bits per heavy atom. The molecule has 0 spiro atoms. The molecular formula is C18H26N6O5. The molecular weight excluding hydrogens is 380 g/mol. The van der Waals surface area contributed by atoms with Crippen molar-refractivity contribution in [3.63, 3.8) is 0 Å². The van der Waals surface area contributed by atoms with Crippen LogP contribution in [0.25, 0.3) is 0 Å². The average molecular weight is 406 g/mol. The maximum atomic E-state index is 12.9. The number of aliphatic hydroxyl groups is 1. The van der Waals surface area contributed by atoms with Crippen LogP contribution < -0.4 is 0 Å². The van der Waals surface area contributed by atoms with Gasteiger partial charge in [-0.3, -0.25) is 24.2 Å². The van der Waals surface area contributed by atoms with Crippen LogP contribution in [0.5, 0.6) is 0 Å². The molecule has 29 heavy (non-hydrogen) atoms. The van der Waals surface area contributed by atoms with Crippen molar-refractivity contribution in [1.82, 2.24) is 29.8 Å². The normalized spacial score (nSPS) is 12.6. The van der Waals surface area contributed by atoms with E-state index in [2.05, 4.69) is 15.3 Å². The quantitative estimate of drug-likeness (QED) is 0.588. The molecule has 0 bridgehead atoms. The highest BCUT2D eigenvalue weighted by molar-refractivity contribution is 5.95. The van der Waals surface area contributed by atoms with E-state index in [1.807, 2.05) is 13.8 Å². The van der Waals surface area contributed by atoms with E-state index in [0.29, 0.717) is 37.4 Å². The van der Waals surface area contributed by atoms with Gasteiger partial charge in [0.1, 0.15) is 5.69 Å². The van der Waals surface area contributed by atoms with Crippen LogP contribution in [0.2, 0.25) is 0 Å². The Bertz CT molecular complexity index is 874. The Morgan fingerprint density at radius 3 is 2.72 bits per heavy atom. The molecule has 0 radical (unpaired) electrons. The number of carboxylic acid groups (broad SMARTS) is 1. The minimum absolute atomic E-state index is 0.0713. The number of nitrogens with zero attached hydrogens (tertiary/aromatic N) is 5. The lowest BCUT2D eigenvalue weighted by Gasteiger charge is -2.27. The number of hydrogen-bond acceptors (Lipinski definition) is 6. The molecule has 1 aliphatic rings. The lowest BCUT2D eigenvalue weighted by molar-refractivity contribution is -0.122. The van der Waals surface area contributed by atoms with Gasteiger partial charge in [-0.05, 0) is 26.3 Å². The van der Waals surface area contributed by atoms with Gasteiger partial charge in [-0.1, -0.05) is 0 Å². The topological polar surface area (TPSA) is 145 Å². The van der Waals surface area contributed by atoms with Crippen molar-refractivity contribution in [2.45, 2.75) is 33.4 Å². The molecule has 0 aromatic carbocycles. The molecule has 158 valence electrons. The van der Waals surface area contributed by atoms with E-state index < -0.39 is 0 Å². The van der Waals surface area contributed by atoms with E-state index in [1.54, 1.807) is 22.7 Å². The summed E-state index contributed by atoms with van der Waals surface area (Å²) in [5.74, 6) is -0.297.